The minimum atomic E-state index is -1.05. The zero-order chi connectivity index (χ0) is 13.4. The van der Waals surface area contributed by atoms with Gasteiger partial charge in [0.25, 0.3) is 0 Å². The fraction of sp³-hybridized carbons (Fsp3) is 0.667. The number of rotatable bonds is 7. The average molecular weight is 262 g/mol. The molecule has 1 amide bonds. The molecule has 98 valence electrons. The molecule has 0 aliphatic heterocycles. The molecule has 0 aromatic rings. The molecular weight excluding hydrogens is 246 g/mol. The van der Waals surface area contributed by atoms with E-state index < -0.39 is 29.1 Å². The highest BCUT2D eigenvalue weighted by Gasteiger charge is 2.14. The summed E-state index contributed by atoms with van der Waals surface area (Å²) in [6, 6.07) is -0.668. The highest BCUT2D eigenvalue weighted by Crippen LogP contribution is 2.10. The first kappa shape index (κ1) is 15.7. The molecule has 0 aromatic carbocycles. The van der Waals surface area contributed by atoms with E-state index in [0.29, 0.717) is 0 Å². The minimum Gasteiger partial charge on any atom is -0.862 e. The molecule has 0 saturated heterocycles. The van der Waals surface area contributed by atoms with Crippen LogP contribution in [0, 0.1) is 0 Å². The summed E-state index contributed by atoms with van der Waals surface area (Å²) < 4.78 is 0. The predicted molar refractivity (Wildman–Crippen MR) is 63.6 cm³/mol. The van der Waals surface area contributed by atoms with Gasteiger partial charge >= 0.3 is 5.97 Å². The van der Waals surface area contributed by atoms with E-state index in [-0.39, 0.29) is 13.1 Å². The van der Waals surface area contributed by atoms with Gasteiger partial charge in [0.05, 0.1) is 6.04 Å². The van der Waals surface area contributed by atoms with Crippen LogP contribution in [0.3, 0.4) is 0 Å². The topological polar surface area (TPSA) is 128 Å². The number of hydrogen-bond acceptors (Lipinski definition) is 6. The highest BCUT2D eigenvalue weighted by molar-refractivity contribution is 7.99. The van der Waals surface area contributed by atoms with E-state index in [0.717, 1.165) is 11.8 Å². The summed E-state index contributed by atoms with van der Waals surface area (Å²) in [5, 5.41) is 21.5. The fourth-order valence-corrected chi connectivity index (χ4v) is 1.37. The number of carboxylic acids is 1. The summed E-state index contributed by atoms with van der Waals surface area (Å²) in [7, 11) is 0. The van der Waals surface area contributed by atoms with E-state index in [1.165, 1.54) is 6.92 Å². The molecule has 0 rings (SSSR count). The molecule has 2 atom stereocenters. The molecule has 0 saturated carbocycles. The van der Waals surface area contributed by atoms with Gasteiger partial charge in [-0.2, -0.15) is 0 Å². The number of nitrogens with one attached hydrogen (secondary N) is 1. The highest BCUT2D eigenvalue weighted by atomic mass is 32.2. The van der Waals surface area contributed by atoms with Crippen LogP contribution < -0.4 is 16.2 Å². The lowest BCUT2D eigenvalue weighted by Gasteiger charge is -2.15. The van der Waals surface area contributed by atoms with Gasteiger partial charge in [0.15, 0.2) is 0 Å². The van der Waals surface area contributed by atoms with Crippen molar-refractivity contribution in [3.8, 4) is 0 Å². The van der Waals surface area contributed by atoms with Crippen LogP contribution in [0.2, 0.25) is 0 Å². The first-order valence-electron chi connectivity index (χ1n) is 4.87. The maximum absolute atomic E-state index is 11.2. The molecule has 0 spiro atoms. The Balaban J connectivity index is 4.09. The van der Waals surface area contributed by atoms with Crippen molar-refractivity contribution in [2.45, 2.75) is 24.6 Å². The number of nitrogens with zero attached hydrogens (tertiary/aromatic N) is 1. The number of amides is 1. The second kappa shape index (κ2) is 7.91. The van der Waals surface area contributed by atoms with E-state index >= 15 is 0 Å². The number of carbonyl (C=O) groups excluding carboxylic acids is 1. The summed E-state index contributed by atoms with van der Waals surface area (Å²) in [5.41, 5.74) is 5.28. The summed E-state index contributed by atoms with van der Waals surface area (Å²) in [6.07, 6.45) is 1.41. The molecule has 0 aliphatic carbocycles. The van der Waals surface area contributed by atoms with Crippen LogP contribution in [0.25, 0.3) is 0 Å². The van der Waals surface area contributed by atoms with Crippen molar-refractivity contribution >= 4 is 29.5 Å². The number of aliphatic carboxylic acids is 1. The molecule has 0 heterocycles. The molecule has 8 heteroatoms. The van der Waals surface area contributed by atoms with E-state index in [1.54, 1.807) is 6.26 Å². The van der Waals surface area contributed by atoms with Gasteiger partial charge in [0.2, 0.25) is 5.91 Å². The number of hydrogen-bond donors (Lipinski definition) is 3. The van der Waals surface area contributed by atoms with Crippen molar-refractivity contribution in [3.05, 3.63) is 0 Å². The first-order chi connectivity index (χ1) is 7.88. The molecule has 0 bridgehead atoms. The van der Waals surface area contributed by atoms with Gasteiger partial charge in [0.1, 0.15) is 11.9 Å². The molecule has 0 aliphatic rings. The van der Waals surface area contributed by atoms with Crippen LogP contribution in [0.15, 0.2) is 4.99 Å². The quantitative estimate of drug-likeness (QED) is 0.373. The third kappa shape index (κ3) is 6.80. The molecule has 0 fully saturated rings. The van der Waals surface area contributed by atoms with Gasteiger partial charge in [0, 0.05) is 0 Å². The van der Waals surface area contributed by atoms with Crippen molar-refractivity contribution < 1.29 is 19.8 Å². The van der Waals surface area contributed by atoms with Crippen molar-refractivity contribution in [2.24, 2.45) is 10.7 Å². The summed E-state index contributed by atoms with van der Waals surface area (Å²) in [5.74, 6) is -2.03. The van der Waals surface area contributed by atoms with Crippen molar-refractivity contribution in [3.63, 3.8) is 0 Å². The Morgan fingerprint density at radius 3 is 2.59 bits per heavy atom. The van der Waals surface area contributed by atoms with E-state index in [2.05, 4.69) is 10.3 Å². The molecule has 17 heavy (non-hydrogen) atoms. The summed E-state index contributed by atoms with van der Waals surface area (Å²) in [6.45, 7) is 1.32. The lowest BCUT2D eigenvalue weighted by Crippen LogP contribution is -2.39. The largest absolute Gasteiger partial charge is 0.862 e. The number of carbonyl (C=O) groups is 2. The Labute approximate surface area is 103 Å². The monoisotopic (exact) mass is 262 g/mol. The molecular formula is C9H16N3O4S-. The zero-order valence-corrected chi connectivity index (χ0v) is 10.5. The van der Waals surface area contributed by atoms with Gasteiger partial charge in [-0.25, -0.2) is 0 Å². The van der Waals surface area contributed by atoms with Crippen LogP contribution >= 0.6 is 11.8 Å². The van der Waals surface area contributed by atoms with Gasteiger partial charge in [-0.1, -0.05) is 0 Å². The number of thioether (sulfide) groups is 1. The molecule has 0 aromatic heterocycles. The molecule has 7 nitrogen and oxygen atoms in total. The van der Waals surface area contributed by atoms with Crippen LogP contribution in [0.1, 0.15) is 13.3 Å². The van der Waals surface area contributed by atoms with Crippen LogP contribution in [-0.2, 0) is 9.59 Å². The van der Waals surface area contributed by atoms with Gasteiger partial charge in [-0.05, 0) is 25.5 Å². The molecule has 0 radical (unpaired) electrons. The Hall–Kier alpha value is -1.28. The fourth-order valence-electron chi connectivity index (χ4n) is 0.861. The Morgan fingerprint density at radius 1 is 1.59 bits per heavy atom. The molecule has 0 unspecified atom stereocenters. The Bertz CT molecular complexity index is 307. The lowest BCUT2D eigenvalue weighted by molar-refractivity contribution is -0.219. The average Bonchev–Trinajstić information content (AvgIpc) is 2.25. The Morgan fingerprint density at radius 2 is 2.18 bits per heavy atom. The maximum atomic E-state index is 11.2. The number of aliphatic imine (C=N–C) groups is 1. The first-order valence-corrected chi connectivity index (χ1v) is 6.16. The predicted octanol–water partition coefficient (Wildman–Crippen LogP) is -1.63. The molecule has 4 N–H and O–H groups in total. The third-order valence-electron chi connectivity index (χ3n) is 1.84. The normalized spacial score (nSPS) is 15.1. The van der Waals surface area contributed by atoms with Crippen LogP contribution in [-0.4, -0.2) is 47.1 Å². The third-order valence-corrected chi connectivity index (χ3v) is 2.78. The lowest BCUT2D eigenvalue weighted by atomic mass is 10.3. The van der Waals surface area contributed by atoms with Crippen molar-refractivity contribution in [1.29, 1.82) is 0 Å². The standard InChI is InChI=1S/C9H17N3O4S/c1-5(10)8(14)12-4-11-7(13)3-6(17-2)9(15)16/h5-6H,3-4,10H2,1-2H3,(H,11,13)(H,12,14)(H,15,16)/p-1/t5-,6-/m0/s1. The maximum Gasteiger partial charge on any atom is 0.316 e. The van der Waals surface area contributed by atoms with E-state index in [4.69, 9.17) is 10.8 Å². The van der Waals surface area contributed by atoms with Crippen LogP contribution in [0.5, 0.6) is 0 Å². The zero-order valence-electron chi connectivity index (χ0n) is 9.67. The van der Waals surface area contributed by atoms with Crippen molar-refractivity contribution in [1.82, 2.24) is 5.32 Å². The van der Waals surface area contributed by atoms with E-state index in [9.17, 15) is 14.7 Å². The summed E-state index contributed by atoms with van der Waals surface area (Å²) in [4.78, 5) is 25.2. The second-order valence-corrected chi connectivity index (χ2v) is 4.35. The number of carboxylic acid groups (broad SMARTS) is 1. The summed E-state index contributed by atoms with van der Waals surface area (Å²) >= 11 is 1.06. The second-order valence-electron chi connectivity index (χ2n) is 3.31. The van der Waals surface area contributed by atoms with E-state index in [1.807, 2.05) is 0 Å². The SMILES string of the molecule is CS[C@@H](CC([O-])=NCNC(=O)[C@H](C)N)C(=O)O. The van der Waals surface area contributed by atoms with Crippen molar-refractivity contribution in [2.75, 3.05) is 12.9 Å². The smallest absolute Gasteiger partial charge is 0.316 e. The number of nitrogens with two attached hydrogens (primary N) is 1. The van der Waals surface area contributed by atoms with Gasteiger partial charge in [-0.15, -0.1) is 11.8 Å². The van der Waals surface area contributed by atoms with Gasteiger partial charge < -0.3 is 21.3 Å². The van der Waals surface area contributed by atoms with Crippen LogP contribution in [0.4, 0.5) is 0 Å². The Kier molecular flexibility index (Phi) is 7.31. The van der Waals surface area contributed by atoms with Gasteiger partial charge in [-0.3, -0.25) is 14.6 Å². The minimum absolute atomic E-state index is 0.181.